The summed E-state index contributed by atoms with van der Waals surface area (Å²) in [7, 11) is -2.35. The predicted molar refractivity (Wildman–Crippen MR) is 113 cm³/mol. The van der Waals surface area contributed by atoms with E-state index in [4.69, 9.17) is 10.5 Å². The van der Waals surface area contributed by atoms with Crippen molar-refractivity contribution in [1.82, 2.24) is 4.31 Å². The Bertz CT molecular complexity index is 1060. The van der Waals surface area contributed by atoms with Crippen molar-refractivity contribution in [2.45, 2.75) is 24.7 Å². The Morgan fingerprint density at radius 3 is 2.40 bits per heavy atom. The summed E-state index contributed by atoms with van der Waals surface area (Å²) in [5.41, 5.74) is 6.88. The molecular weight excluding hydrogens is 406 g/mol. The van der Waals surface area contributed by atoms with E-state index in [0.717, 1.165) is 5.56 Å². The normalized spacial score (nSPS) is 15.5. The number of rotatable bonds is 6. The van der Waals surface area contributed by atoms with Crippen LogP contribution in [-0.2, 0) is 14.8 Å². The van der Waals surface area contributed by atoms with Gasteiger partial charge in [0, 0.05) is 24.6 Å². The number of primary amides is 1. The molecule has 2 aromatic carbocycles. The summed E-state index contributed by atoms with van der Waals surface area (Å²) in [6, 6.07) is 11.5. The number of hydrogen-bond acceptors (Lipinski definition) is 5. The third kappa shape index (κ3) is 4.47. The highest BCUT2D eigenvalue weighted by Gasteiger charge is 2.31. The lowest BCUT2D eigenvalue weighted by Crippen LogP contribution is -2.41. The van der Waals surface area contributed by atoms with Crippen LogP contribution in [0, 0.1) is 12.8 Å². The van der Waals surface area contributed by atoms with Gasteiger partial charge >= 0.3 is 0 Å². The number of nitrogens with zero attached hydrogens (tertiary/aromatic N) is 1. The van der Waals surface area contributed by atoms with Crippen LogP contribution in [0.15, 0.2) is 47.4 Å². The number of methoxy groups -OCH3 is 1. The lowest BCUT2D eigenvalue weighted by molar-refractivity contribution is -0.122. The highest BCUT2D eigenvalue weighted by atomic mass is 32.2. The van der Waals surface area contributed by atoms with Gasteiger partial charge in [-0.3, -0.25) is 9.59 Å². The van der Waals surface area contributed by atoms with Crippen LogP contribution in [0.25, 0.3) is 0 Å². The summed E-state index contributed by atoms with van der Waals surface area (Å²) in [5, 5.41) is 2.75. The fourth-order valence-electron chi connectivity index (χ4n) is 3.49. The van der Waals surface area contributed by atoms with E-state index in [1.54, 1.807) is 12.1 Å². The van der Waals surface area contributed by atoms with Crippen molar-refractivity contribution in [3.63, 3.8) is 0 Å². The SMILES string of the molecule is COc1ccc(S(=O)(=O)N2CCC(C(N)=O)CC2)cc1NC(=O)c1ccccc1C. The number of nitrogens with one attached hydrogen (secondary N) is 1. The number of anilines is 1. The van der Waals surface area contributed by atoms with Crippen molar-refractivity contribution in [3.05, 3.63) is 53.6 Å². The number of carbonyl (C=O) groups excluding carboxylic acids is 2. The molecule has 0 unspecified atom stereocenters. The molecule has 0 aliphatic carbocycles. The Kier molecular flexibility index (Phi) is 6.42. The topological polar surface area (TPSA) is 119 Å². The van der Waals surface area contributed by atoms with Crippen molar-refractivity contribution in [2.24, 2.45) is 11.7 Å². The molecule has 0 aromatic heterocycles. The Labute approximate surface area is 176 Å². The Hall–Kier alpha value is -2.91. The highest BCUT2D eigenvalue weighted by Crippen LogP contribution is 2.31. The van der Waals surface area contributed by atoms with Crippen LogP contribution in [0.4, 0.5) is 5.69 Å². The van der Waals surface area contributed by atoms with Gasteiger partial charge in [-0.25, -0.2) is 8.42 Å². The lowest BCUT2D eigenvalue weighted by atomic mass is 9.98. The number of nitrogens with two attached hydrogens (primary N) is 1. The number of ether oxygens (including phenoxy) is 1. The smallest absolute Gasteiger partial charge is 0.256 e. The van der Waals surface area contributed by atoms with Crippen LogP contribution in [0.1, 0.15) is 28.8 Å². The molecule has 8 nitrogen and oxygen atoms in total. The first-order chi connectivity index (χ1) is 14.2. The van der Waals surface area contributed by atoms with Crippen LogP contribution < -0.4 is 15.8 Å². The van der Waals surface area contributed by atoms with Crippen LogP contribution in [0.3, 0.4) is 0 Å². The summed E-state index contributed by atoms with van der Waals surface area (Å²) in [6.07, 6.45) is 0.781. The van der Waals surface area contributed by atoms with Gasteiger partial charge in [-0.2, -0.15) is 4.31 Å². The zero-order valence-electron chi connectivity index (χ0n) is 16.9. The minimum Gasteiger partial charge on any atom is -0.495 e. The molecule has 30 heavy (non-hydrogen) atoms. The van der Waals surface area contributed by atoms with Gasteiger partial charge in [0.05, 0.1) is 17.7 Å². The average molecular weight is 432 g/mol. The maximum absolute atomic E-state index is 13.1. The van der Waals surface area contributed by atoms with Crippen LogP contribution in [0.2, 0.25) is 0 Å². The standard InChI is InChI=1S/C21H25N3O5S/c1-14-5-3-4-6-17(14)21(26)23-18-13-16(7-8-19(18)29-2)30(27,28)24-11-9-15(10-12-24)20(22)25/h3-8,13,15H,9-12H2,1-2H3,(H2,22,25)(H,23,26). The van der Waals surface area contributed by atoms with E-state index in [-0.39, 0.29) is 35.5 Å². The second-order valence-corrected chi connectivity index (χ2v) is 9.15. The van der Waals surface area contributed by atoms with E-state index in [2.05, 4.69) is 5.32 Å². The number of hydrogen-bond donors (Lipinski definition) is 2. The van der Waals surface area contributed by atoms with Crippen LogP contribution >= 0.6 is 0 Å². The molecule has 1 saturated heterocycles. The molecule has 2 amide bonds. The molecule has 1 fully saturated rings. The minimum absolute atomic E-state index is 0.0425. The minimum atomic E-state index is -3.79. The first-order valence-electron chi connectivity index (χ1n) is 9.58. The van der Waals surface area contributed by atoms with Crippen molar-refractivity contribution in [1.29, 1.82) is 0 Å². The second kappa shape index (κ2) is 8.85. The molecule has 1 aliphatic rings. The van der Waals surface area contributed by atoms with Gasteiger partial charge in [0.25, 0.3) is 5.91 Å². The summed E-state index contributed by atoms with van der Waals surface area (Å²) >= 11 is 0. The molecule has 3 N–H and O–H groups in total. The first-order valence-corrected chi connectivity index (χ1v) is 11.0. The molecule has 0 saturated carbocycles. The zero-order chi connectivity index (χ0) is 21.9. The molecule has 0 radical (unpaired) electrons. The largest absolute Gasteiger partial charge is 0.495 e. The molecule has 1 aliphatic heterocycles. The number of sulfonamides is 1. The summed E-state index contributed by atoms with van der Waals surface area (Å²) in [4.78, 5) is 24.1. The van der Waals surface area contributed by atoms with Crippen molar-refractivity contribution >= 4 is 27.5 Å². The molecule has 1 heterocycles. The Morgan fingerprint density at radius 1 is 1.13 bits per heavy atom. The summed E-state index contributed by atoms with van der Waals surface area (Å²) in [6.45, 7) is 2.25. The van der Waals surface area contributed by atoms with E-state index < -0.39 is 15.9 Å². The molecular formula is C21H25N3O5S. The maximum atomic E-state index is 13.1. The van der Waals surface area contributed by atoms with Crippen LogP contribution in [0.5, 0.6) is 5.75 Å². The van der Waals surface area contributed by atoms with E-state index in [1.165, 1.54) is 29.6 Å². The molecule has 2 aromatic rings. The second-order valence-electron chi connectivity index (χ2n) is 7.21. The average Bonchev–Trinajstić information content (AvgIpc) is 2.74. The third-order valence-electron chi connectivity index (χ3n) is 5.30. The maximum Gasteiger partial charge on any atom is 0.256 e. The zero-order valence-corrected chi connectivity index (χ0v) is 17.7. The molecule has 3 rings (SSSR count). The van der Waals surface area contributed by atoms with E-state index >= 15 is 0 Å². The van der Waals surface area contributed by atoms with Crippen molar-refractivity contribution in [2.75, 3.05) is 25.5 Å². The van der Waals surface area contributed by atoms with E-state index in [0.29, 0.717) is 24.2 Å². The van der Waals surface area contributed by atoms with Gasteiger partial charge in [-0.15, -0.1) is 0 Å². The highest BCUT2D eigenvalue weighted by molar-refractivity contribution is 7.89. The number of benzene rings is 2. The Balaban J connectivity index is 1.86. The molecule has 9 heteroatoms. The monoisotopic (exact) mass is 431 g/mol. The lowest BCUT2D eigenvalue weighted by Gasteiger charge is -2.29. The van der Waals surface area contributed by atoms with E-state index in [9.17, 15) is 18.0 Å². The fraction of sp³-hybridized carbons (Fsp3) is 0.333. The molecule has 0 atom stereocenters. The van der Waals surface area contributed by atoms with Crippen molar-refractivity contribution < 1.29 is 22.7 Å². The molecule has 0 spiro atoms. The number of piperidine rings is 1. The fourth-order valence-corrected chi connectivity index (χ4v) is 4.99. The quantitative estimate of drug-likeness (QED) is 0.726. The van der Waals surface area contributed by atoms with Gasteiger partial charge in [0.2, 0.25) is 15.9 Å². The Morgan fingerprint density at radius 2 is 1.80 bits per heavy atom. The predicted octanol–water partition coefficient (Wildman–Crippen LogP) is 2.14. The van der Waals surface area contributed by atoms with Gasteiger partial charge in [0.15, 0.2) is 0 Å². The molecule has 160 valence electrons. The van der Waals surface area contributed by atoms with Gasteiger partial charge in [0.1, 0.15) is 5.75 Å². The first kappa shape index (κ1) is 21.8. The number of aryl methyl sites for hydroxylation is 1. The van der Waals surface area contributed by atoms with Gasteiger partial charge in [-0.05, 0) is 49.6 Å². The van der Waals surface area contributed by atoms with Crippen molar-refractivity contribution in [3.8, 4) is 5.75 Å². The van der Waals surface area contributed by atoms with E-state index in [1.807, 2.05) is 19.1 Å². The van der Waals surface area contributed by atoms with Crippen LogP contribution in [-0.4, -0.2) is 44.7 Å². The number of amides is 2. The number of carbonyl (C=O) groups is 2. The van der Waals surface area contributed by atoms with Gasteiger partial charge < -0.3 is 15.8 Å². The van der Waals surface area contributed by atoms with Gasteiger partial charge in [-0.1, -0.05) is 18.2 Å². The summed E-state index contributed by atoms with van der Waals surface area (Å²) < 4.78 is 32.8. The summed E-state index contributed by atoms with van der Waals surface area (Å²) in [5.74, 6) is -0.722. The third-order valence-corrected chi connectivity index (χ3v) is 7.20. The molecule has 0 bridgehead atoms.